The van der Waals surface area contributed by atoms with E-state index in [4.69, 9.17) is 14.6 Å². The molecular formula is C26H30N2O6. The van der Waals surface area contributed by atoms with Crippen molar-refractivity contribution in [3.63, 3.8) is 0 Å². The zero-order chi connectivity index (χ0) is 24.3. The number of ether oxygens (including phenoxy) is 2. The number of nitrogens with one attached hydrogen (secondary N) is 2. The van der Waals surface area contributed by atoms with Gasteiger partial charge in [-0.3, -0.25) is 4.79 Å². The molecule has 8 heteroatoms. The summed E-state index contributed by atoms with van der Waals surface area (Å²) in [5, 5.41) is 14.5. The van der Waals surface area contributed by atoms with Gasteiger partial charge in [-0.2, -0.15) is 0 Å². The second-order valence-electron chi connectivity index (χ2n) is 9.44. The summed E-state index contributed by atoms with van der Waals surface area (Å²) in [6.07, 6.45) is -0.703. The molecule has 0 spiro atoms. The molecule has 0 aromatic heterocycles. The van der Waals surface area contributed by atoms with Crippen LogP contribution in [0.15, 0.2) is 48.5 Å². The van der Waals surface area contributed by atoms with Crippen LogP contribution in [0.4, 0.5) is 4.79 Å². The van der Waals surface area contributed by atoms with Crippen LogP contribution in [0.2, 0.25) is 0 Å². The molecule has 34 heavy (non-hydrogen) atoms. The number of hydrogen-bond acceptors (Lipinski definition) is 5. The smallest absolute Gasteiger partial charge is 0.407 e. The summed E-state index contributed by atoms with van der Waals surface area (Å²) in [5.41, 5.74) is 3.71. The normalized spacial score (nSPS) is 19.2. The summed E-state index contributed by atoms with van der Waals surface area (Å²) < 4.78 is 10.9. The quantitative estimate of drug-likeness (QED) is 0.550. The number of fused-ring (bicyclic) bond motifs is 3. The molecule has 2 aliphatic rings. The Kier molecular flexibility index (Phi) is 6.88. The zero-order valence-corrected chi connectivity index (χ0v) is 19.4. The minimum absolute atomic E-state index is 0.0319. The number of carbonyl (C=O) groups is 3. The van der Waals surface area contributed by atoms with Gasteiger partial charge < -0.3 is 25.2 Å². The van der Waals surface area contributed by atoms with Gasteiger partial charge in [0, 0.05) is 19.0 Å². The number of hydrogen-bond donors (Lipinski definition) is 3. The predicted molar refractivity (Wildman–Crippen MR) is 125 cm³/mol. The highest BCUT2D eigenvalue weighted by atomic mass is 16.5. The van der Waals surface area contributed by atoms with E-state index >= 15 is 0 Å². The molecule has 1 fully saturated rings. The first-order chi connectivity index (χ1) is 16.3. The van der Waals surface area contributed by atoms with Crippen LogP contribution in [0.3, 0.4) is 0 Å². The SMILES string of the molecule is CC(C)(CNC(=O)OCC1c2ccccc2-c2ccccc21)C(=O)NCC1CCC(C(=O)O)O1. The molecule has 2 unspecified atom stereocenters. The van der Waals surface area contributed by atoms with E-state index in [9.17, 15) is 14.4 Å². The Labute approximate surface area is 198 Å². The molecule has 4 rings (SSSR count). The molecule has 1 aliphatic heterocycles. The predicted octanol–water partition coefficient (Wildman–Crippen LogP) is 3.30. The molecule has 8 nitrogen and oxygen atoms in total. The van der Waals surface area contributed by atoms with Crippen molar-refractivity contribution >= 4 is 18.0 Å². The van der Waals surface area contributed by atoms with Crippen molar-refractivity contribution in [3.05, 3.63) is 59.7 Å². The lowest BCUT2D eigenvalue weighted by Gasteiger charge is -2.25. The minimum Gasteiger partial charge on any atom is -0.479 e. The van der Waals surface area contributed by atoms with Gasteiger partial charge >= 0.3 is 12.1 Å². The Hall–Kier alpha value is -3.39. The molecule has 2 atom stereocenters. The molecule has 180 valence electrons. The van der Waals surface area contributed by atoms with E-state index in [0.29, 0.717) is 12.8 Å². The van der Waals surface area contributed by atoms with Gasteiger partial charge in [-0.1, -0.05) is 48.5 Å². The van der Waals surface area contributed by atoms with Gasteiger partial charge in [-0.15, -0.1) is 0 Å². The number of carbonyl (C=O) groups excluding carboxylic acids is 2. The highest BCUT2D eigenvalue weighted by molar-refractivity contribution is 5.83. The Morgan fingerprint density at radius 2 is 1.62 bits per heavy atom. The maximum atomic E-state index is 12.6. The van der Waals surface area contributed by atoms with Crippen LogP contribution in [-0.2, 0) is 19.1 Å². The number of benzene rings is 2. The molecule has 1 aliphatic carbocycles. The van der Waals surface area contributed by atoms with Gasteiger partial charge in [0.1, 0.15) is 6.61 Å². The van der Waals surface area contributed by atoms with Crippen molar-refractivity contribution in [1.29, 1.82) is 0 Å². The summed E-state index contributed by atoms with van der Waals surface area (Å²) in [5.74, 6) is -1.27. The molecule has 2 aromatic rings. The molecule has 0 bridgehead atoms. The van der Waals surface area contributed by atoms with Crippen molar-refractivity contribution in [1.82, 2.24) is 10.6 Å². The van der Waals surface area contributed by atoms with E-state index in [2.05, 4.69) is 34.9 Å². The second kappa shape index (κ2) is 9.85. The van der Waals surface area contributed by atoms with Crippen LogP contribution in [-0.4, -0.2) is 55.0 Å². The number of aliphatic carboxylic acids is 1. The lowest BCUT2D eigenvalue weighted by molar-refractivity contribution is -0.149. The largest absolute Gasteiger partial charge is 0.479 e. The van der Waals surface area contributed by atoms with Crippen LogP contribution in [0.5, 0.6) is 0 Å². The monoisotopic (exact) mass is 466 g/mol. The Bertz CT molecular complexity index is 1040. The van der Waals surface area contributed by atoms with Gasteiger partial charge in [0.2, 0.25) is 5.91 Å². The highest BCUT2D eigenvalue weighted by Crippen LogP contribution is 2.44. The van der Waals surface area contributed by atoms with E-state index < -0.39 is 23.6 Å². The van der Waals surface area contributed by atoms with Gasteiger partial charge in [0.15, 0.2) is 6.10 Å². The summed E-state index contributed by atoms with van der Waals surface area (Å²) in [6.45, 7) is 3.98. The van der Waals surface area contributed by atoms with Gasteiger partial charge in [0.25, 0.3) is 0 Å². The molecule has 0 radical (unpaired) electrons. The zero-order valence-electron chi connectivity index (χ0n) is 19.4. The molecular weight excluding hydrogens is 436 g/mol. The third kappa shape index (κ3) is 5.07. The van der Waals surface area contributed by atoms with Crippen molar-refractivity contribution < 1.29 is 29.0 Å². The van der Waals surface area contributed by atoms with Crippen molar-refractivity contribution in [2.45, 2.75) is 44.8 Å². The standard InChI is InChI=1S/C26H30N2O6/c1-26(2,24(31)27-13-16-11-12-22(34-16)23(29)30)15-28-25(32)33-14-21-19-9-5-3-7-17(19)18-8-4-6-10-20(18)21/h3-10,16,21-22H,11-15H2,1-2H3,(H,27,31)(H,28,32)(H,29,30). The van der Waals surface area contributed by atoms with Crippen molar-refractivity contribution in [2.24, 2.45) is 5.41 Å². The Morgan fingerprint density at radius 3 is 2.21 bits per heavy atom. The third-order valence-electron chi connectivity index (χ3n) is 6.51. The highest BCUT2D eigenvalue weighted by Gasteiger charge is 2.33. The maximum absolute atomic E-state index is 12.6. The van der Waals surface area contributed by atoms with E-state index in [0.717, 1.165) is 22.3 Å². The van der Waals surface area contributed by atoms with Crippen LogP contribution in [0, 0.1) is 5.41 Å². The second-order valence-corrected chi connectivity index (χ2v) is 9.44. The van der Waals surface area contributed by atoms with Crippen LogP contribution in [0.25, 0.3) is 11.1 Å². The minimum atomic E-state index is -0.985. The molecule has 2 amide bonds. The molecule has 0 saturated carbocycles. The topological polar surface area (TPSA) is 114 Å². The number of alkyl carbamates (subject to hydrolysis) is 1. The number of amides is 2. The van der Waals surface area contributed by atoms with E-state index in [1.54, 1.807) is 13.8 Å². The lowest BCUT2D eigenvalue weighted by Crippen LogP contribution is -2.46. The first-order valence-corrected chi connectivity index (χ1v) is 11.5. The summed E-state index contributed by atoms with van der Waals surface area (Å²) in [7, 11) is 0. The van der Waals surface area contributed by atoms with Crippen LogP contribution >= 0.6 is 0 Å². The molecule has 3 N–H and O–H groups in total. The molecule has 1 saturated heterocycles. The number of carboxylic acid groups (broad SMARTS) is 1. The van der Waals surface area contributed by atoms with Gasteiger partial charge in [0.05, 0.1) is 11.5 Å². The van der Waals surface area contributed by atoms with Crippen molar-refractivity contribution in [3.8, 4) is 11.1 Å². The third-order valence-corrected chi connectivity index (χ3v) is 6.51. The van der Waals surface area contributed by atoms with Crippen molar-refractivity contribution in [2.75, 3.05) is 19.7 Å². The molecule has 1 heterocycles. The fourth-order valence-corrected chi connectivity index (χ4v) is 4.51. The Morgan fingerprint density at radius 1 is 1.00 bits per heavy atom. The summed E-state index contributed by atoms with van der Waals surface area (Å²) in [6, 6.07) is 16.2. The molecule has 2 aromatic carbocycles. The number of rotatable bonds is 8. The number of carboxylic acids is 1. The average Bonchev–Trinajstić information content (AvgIpc) is 3.43. The van der Waals surface area contributed by atoms with Crippen LogP contribution < -0.4 is 10.6 Å². The van der Waals surface area contributed by atoms with Gasteiger partial charge in [-0.05, 0) is 48.9 Å². The van der Waals surface area contributed by atoms with E-state index in [1.165, 1.54) is 0 Å². The van der Waals surface area contributed by atoms with E-state index in [1.807, 2.05) is 24.3 Å². The van der Waals surface area contributed by atoms with E-state index in [-0.39, 0.29) is 37.6 Å². The lowest BCUT2D eigenvalue weighted by atomic mass is 9.92. The maximum Gasteiger partial charge on any atom is 0.407 e. The first-order valence-electron chi connectivity index (χ1n) is 11.5. The summed E-state index contributed by atoms with van der Waals surface area (Å²) >= 11 is 0. The summed E-state index contributed by atoms with van der Waals surface area (Å²) in [4.78, 5) is 36.0. The average molecular weight is 467 g/mol. The van der Waals surface area contributed by atoms with Crippen LogP contribution in [0.1, 0.15) is 43.7 Å². The Balaban J connectivity index is 1.25. The fraction of sp³-hybridized carbons (Fsp3) is 0.423. The first kappa shape index (κ1) is 23.8. The van der Waals surface area contributed by atoms with Gasteiger partial charge in [-0.25, -0.2) is 9.59 Å². The fourth-order valence-electron chi connectivity index (χ4n) is 4.51.